The topological polar surface area (TPSA) is 97.4 Å². The molecule has 0 unspecified atom stereocenters. The number of hydrogen-bond donors (Lipinski definition) is 1. The first-order chi connectivity index (χ1) is 16.5. The molecule has 2 fully saturated rings. The molecule has 9 heteroatoms. The number of carbonyl (C=O) groups excluding carboxylic acids is 3. The van der Waals surface area contributed by atoms with Crippen LogP contribution in [-0.4, -0.2) is 80.6 Å². The predicted molar refractivity (Wildman–Crippen MR) is 125 cm³/mol. The highest BCUT2D eigenvalue weighted by Crippen LogP contribution is 2.28. The summed E-state index contributed by atoms with van der Waals surface area (Å²) in [5.74, 6) is 0.221. The Morgan fingerprint density at radius 3 is 2.41 bits per heavy atom. The van der Waals surface area contributed by atoms with Gasteiger partial charge in [-0.15, -0.1) is 0 Å². The summed E-state index contributed by atoms with van der Waals surface area (Å²) in [6, 6.07) is 11.7. The predicted octanol–water partition coefficient (Wildman–Crippen LogP) is 2.42. The zero-order valence-corrected chi connectivity index (χ0v) is 19.2. The molecule has 1 N–H and O–H groups in total. The molecule has 0 atom stereocenters. The average molecular weight is 468 g/mol. The van der Waals surface area contributed by atoms with E-state index in [0.29, 0.717) is 54.6 Å². The Hall–Kier alpha value is -3.59. The van der Waals surface area contributed by atoms with Crippen LogP contribution in [0.5, 0.6) is 11.5 Å². The van der Waals surface area contributed by atoms with Crippen molar-refractivity contribution >= 4 is 23.4 Å². The lowest BCUT2D eigenvalue weighted by Gasteiger charge is -2.26. The number of ether oxygens (including phenoxy) is 3. The molecule has 2 aliphatic rings. The van der Waals surface area contributed by atoms with Gasteiger partial charge in [0.05, 0.1) is 20.3 Å². The third-order valence-corrected chi connectivity index (χ3v) is 5.90. The fourth-order valence-corrected chi connectivity index (χ4v) is 4.01. The Morgan fingerprint density at radius 2 is 1.68 bits per heavy atom. The number of amides is 3. The number of anilines is 1. The molecule has 3 amide bonds. The molecule has 2 saturated heterocycles. The Kier molecular flexibility index (Phi) is 7.64. The van der Waals surface area contributed by atoms with Crippen molar-refractivity contribution < 1.29 is 28.6 Å². The SMILES string of the molecule is COc1cc(C(=O)Nc2cccc(C(=O)N3CCCC3)c2)ccc1OCC(=O)N1CCOCC1. The fraction of sp³-hybridized carbons (Fsp3) is 0.400. The van der Waals surface area contributed by atoms with Crippen LogP contribution in [0.4, 0.5) is 5.69 Å². The maximum atomic E-state index is 12.8. The van der Waals surface area contributed by atoms with Crippen molar-refractivity contribution in [3.63, 3.8) is 0 Å². The van der Waals surface area contributed by atoms with Crippen molar-refractivity contribution in [2.24, 2.45) is 0 Å². The van der Waals surface area contributed by atoms with E-state index in [9.17, 15) is 14.4 Å². The zero-order valence-electron chi connectivity index (χ0n) is 19.2. The van der Waals surface area contributed by atoms with Crippen LogP contribution in [0.15, 0.2) is 42.5 Å². The Balaban J connectivity index is 1.39. The minimum absolute atomic E-state index is 0.0246. The van der Waals surface area contributed by atoms with Crippen LogP contribution in [0, 0.1) is 0 Å². The largest absolute Gasteiger partial charge is 0.493 e. The summed E-state index contributed by atoms with van der Waals surface area (Å²) in [6.07, 6.45) is 2.04. The third-order valence-electron chi connectivity index (χ3n) is 5.90. The van der Waals surface area contributed by atoms with Gasteiger partial charge in [0.15, 0.2) is 18.1 Å². The fourth-order valence-electron chi connectivity index (χ4n) is 4.01. The molecule has 2 aliphatic heterocycles. The number of nitrogens with zero attached hydrogens (tertiary/aromatic N) is 2. The molecule has 180 valence electrons. The van der Waals surface area contributed by atoms with E-state index in [2.05, 4.69) is 5.32 Å². The molecule has 2 aromatic carbocycles. The molecule has 0 radical (unpaired) electrons. The van der Waals surface area contributed by atoms with Crippen LogP contribution in [0.2, 0.25) is 0 Å². The number of morpholine rings is 1. The van der Waals surface area contributed by atoms with Crippen LogP contribution in [0.25, 0.3) is 0 Å². The minimum atomic E-state index is -0.347. The highest BCUT2D eigenvalue weighted by Gasteiger charge is 2.21. The van der Waals surface area contributed by atoms with Gasteiger partial charge >= 0.3 is 0 Å². The zero-order chi connectivity index (χ0) is 23.9. The number of rotatable bonds is 7. The third kappa shape index (κ3) is 5.66. The van der Waals surface area contributed by atoms with Gasteiger partial charge in [-0.1, -0.05) is 6.07 Å². The molecule has 0 saturated carbocycles. The summed E-state index contributed by atoms with van der Waals surface area (Å²) in [5.41, 5.74) is 1.44. The number of hydrogen-bond acceptors (Lipinski definition) is 6. The van der Waals surface area contributed by atoms with E-state index in [1.165, 1.54) is 7.11 Å². The Morgan fingerprint density at radius 1 is 0.912 bits per heavy atom. The van der Waals surface area contributed by atoms with E-state index >= 15 is 0 Å². The van der Waals surface area contributed by atoms with Gasteiger partial charge in [-0.3, -0.25) is 14.4 Å². The van der Waals surface area contributed by atoms with Crippen LogP contribution < -0.4 is 14.8 Å². The first-order valence-electron chi connectivity index (χ1n) is 11.4. The molecular formula is C25H29N3O6. The van der Waals surface area contributed by atoms with Crippen molar-refractivity contribution in [2.45, 2.75) is 12.8 Å². The number of nitrogens with one attached hydrogen (secondary N) is 1. The van der Waals surface area contributed by atoms with E-state index in [-0.39, 0.29) is 24.3 Å². The molecule has 34 heavy (non-hydrogen) atoms. The van der Waals surface area contributed by atoms with Crippen molar-refractivity contribution in [1.82, 2.24) is 9.80 Å². The summed E-state index contributed by atoms with van der Waals surface area (Å²) in [4.78, 5) is 41.3. The Labute approximate surface area is 198 Å². The van der Waals surface area contributed by atoms with E-state index in [0.717, 1.165) is 25.9 Å². The van der Waals surface area contributed by atoms with E-state index < -0.39 is 0 Å². The second-order valence-corrected chi connectivity index (χ2v) is 8.18. The van der Waals surface area contributed by atoms with Crippen LogP contribution in [-0.2, 0) is 9.53 Å². The van der Waals surface area contributed by atoms with Crippen molar-refractivity contribution in [2.75, 3.05) is 58.4 Å². The highest BCUT2D eigenvalue weighted by molar-refractivity contribution is 6.05. The maximum absolute atomic E-state index is 12.8. The second-order valence-electron chi connectivity index (χ2n) is 8.18. The smallest absolute Gasteiger partial charge is 0.260 e. The van der Waals surface area contributed by atoms with Gasteiger partial charge in [-0.2, -0.15) is 0 Å². The molecular weight excluding hydrogens is 438 g/mol. The van der Waals surface area contributed by atoms with Crippen molar-refractivity contribution in [1.29, 1.82) is 0 Å². The standard InChI is InChI=1S/C25H29N3O6/c1-32-22-16-18(7-8-21(22)34-17-23(29)27-11-13-33-14-12-27)24(30)26-20-6-4-5-19(15-20)25(31)28-9-2-3-10-28/h4-8,15-16H,2-3,9-14,17H2,1H3,(H,26,30). The minimum Gasteiger partial charge on any atom is -0.493 e. The van der Waals surface area contributed by atoms with Gasteiger partial charge in [0.25, 0.3) is 17.7 Å². The quantitative estimate of drug-likeness (QED) is 0.672. The van der Waals surface area contributed by atoms with Gasteiger partial charge in [-0.05, 0) is 49.2 Å². The normalized spacial score (nSPS) is 15.7. The van der Waals surface area contributed by atoms with Gasteiger partial charge in [0, 0.05) is 43.0 Å². The number of methoxy groups -OCH3 is 1. The lowest BCUT2D eigenvalue weighted by atomic mass is 10.1. The molecule has 4 rings (SSSR count). The van der Waals surface area contributed by atoms with Crippen LogP contribution >= 0.6 is 0 Å². The van der Waals surface area contributed by atoms with Crippen LogP contribution in [0.3, 0.4) is 0 Å². The molecule has 2 aromatic rings. The summed E-state index contributed by atoms with van der Waals surface area (Å²) in [7, 11) is 1.47. The number of likely N-dealkylation sites (tertiary alicyclic amines) is 1. The molecule has 2 heterocycles. The van der Waals surface area contributed by atoms with E-state index in [4.69, 9.17) is 14.2 Å². The van der Waals surface area contributed by atoms with Gasteiger partial charge in [0.2, 0.25) is 0 Å². The maximum Gasteiger partial charge on any atom is 0.260 e. The van der Waals surface area contributed by atoms with E-state index in [1.807, 2.05) is 4.90 Å². The molecule has 0 bridgehead atoms. The monoisotopic (exact) mass is 467 g/mol. The molecule has 0 aromatic heterocycles. The summed E-state index contributed by atoms with van der Waals surface area (Å²) in [6.45, 7) is 3.54. The molecule has 0 spiro atoms. The average Bonchev–Trinajstić information content (AvgIpc) is 3.42. The molecule has 9 nitrogen and oxygen atoms in total. The lowest BCUT2D eigenvalue weighted by Crippen LogP contribution is -2.43. The highest BCUT2D eigenvalue weighted by atomic mass is 16.5. The van der Waals surface area contributed by atoms with Crippen molar-refractivity contribution in [3.8, 4) is 11.5 Å². The van der Waals surface area contributed by atoms with Gasteiger partial charge in [-0.25, -0.2) is 0 Å². The van der Waals surface area contributed by atoms with Gasteiger partial charge in [0.1, 0.15) is 0 Å². The number of benzene rings is 2. The summed E-state index contributed by atoms with van der Waals surface area (Å²) in [5, 5.41) is 2.83. The van der Waals surface area contributed by atoms with Crippen LogP contribution in [0.1, 0.15) is 33.6 Å². The van der Waals surface area contributed by atoms with Crippen molar-refractivity contribution in [3.05, 3.63) is 53.6 Å². The van der Waals surface area contributed by atoms with E-state index in [1.54, 1.807) is 47.4 Å². The summed E-state index contributed by atoms with van der Waals surface area (Å²) < 4.78 is 16.3. The first kappa shape index (κ1) is 23.6. The summed E-state index contributed by atoms with van der Waals surface area (Å²) >= 11 is 0. The molecule has 0 aliphatic carbocycles. The lowest BCUT2D eigenvalue weighted by molar-refractivity contribution is -0.137. The number of carbonyl (C=O) groups is 3. The first-order valence-corrected chi connectivity index (χ1v) is 11.4. The van der Waals surface area contributed by atoms with Gasteiger partial charge < -0.3 is 29.3 Å². The Bertz CT molecular complexity index is 1040. The second kappa shape index (κ2) is 11.0.